The van der Waals surface area contributed by atoms with E-state index in [1.807, 2.05) is 0 Å². The van der Waals surface area contributed by atoms with E-state index in [2.05, 4.69) is 10.1 Å². The molecular weight excluding hydrogens is 348 g/mol. The monoisotopic (exact) mass is 366 g/mol. The molecule has 2 aliphatic heterocycles. The van der Waals surface area contributed by atoms with Gasteiger partial charge in [-0.15, -0.1) is 23.7 Å². The molecule has 22 heavy (non-hydrogen) atoms. The summed E-state index contributed by atoms with van der Waals surface area (Å²) in [6, 6.07) is 1.51. The number of nitrogens with zero attached hydrogens (tertiary/aromatic N) is 1. The molecule has 2 aliphatic rings. The Labute approximate surface area is 140 Å². The number of sulfonamides is 1. The third-order valence-electron chi connectivity index (χ3n) is 4.14. The van der Waals surface area contributed by atoms with Gasteiger partial charge in [-0.2, -0.15) is 4.31 Å². The highest BCUT2D eigenvalue weighted by Crippen LogP contribution is 2.36. The number of fused-ring (bicyclic) bond motifs is 2. The lowest BCUT2D eigenvalue weighted by atomic mass is 10.1. The molecule has 2 bridgehead atoms. The zero-order valence-corrected chi connectivity index (χ0v) is 14.6. The van der Waals surface area contributed by atoms with Crippen LogP contribution in [0.3, 0.4) is 0 Å². The van der Waals surface area contributed by atoms with Crippen LogP contribution in [-0.2, 0) is 14.8 Å². The predicted molar refractivity (Wildman–Crippen MR) is 86.2 cm³/mol. The molecule has 0 radical (unpaired) electrons. The molecule has 0 aliphatic carbocycles. The Morgan fingerprint density at radius 3 is 2.82 bits per heavy atom. The van der Waals surface area contributed by atoms with Crippen LogP contribution in [0.25, 0.3) is 0 Å². The number of hydrogen-bond donors (Lipinski definition) is 1. The summed E-state index contributed by atoms with van der Waals surface area (Å²) in [4.78, 5) is 12.0. The lowest BCUT2D eigenvalue weighted by Crippen LogP contribution is -2.42. The lowest BCUT2D eigenvalue weighted by molar-refractivity contribution is 0.0602. The van der Waals surface area contributed by atoms with E-state index < -0.39 is 16.0 Å². The minimum absolute atomic E-state index is 0. The van der Waals surface area contributed by atoms with Gasteiger partial charge in [-0.25, -0.2) is 13.2 Å². The lowest BCUT2D eigenvalue weighted by Gasteiger charge is -2.26. The maximum absolute atomic E-state index is 13.0. The molecule has 2 saturated heterocycles. The Balaban J connectivity index is 0.00000176. The summed E-state index contributed by atoms with van der Waals surface area (Å²) < 4.78 is 32.3. The molecular formula is C13H19ClN2O4S2. The molecule has 2 unspecified atom stereocenters. The van der Waals surface area contributed by atoms with Crippen LogP contribution in [0.2, 0.25) is 0 Å². The van der Waals surface area contributed by atoms with Gasteiger partial charge in [-0.05, 0) is 37.3 Å². The number of nitrogens with one attached hydrogen (secondary N) is 1. The maximum atomic E-state index is 13.0. The van der Waals surface area contributed by atoms with E-state index in [0.717, 1.165) is 37.1 Å². The van der Waals surface area contributed by atoms with Crippen molar-refractivity contribution in [2.24, 2.45) is 0 Å². The molecule has 9 heteroatoms. The molecule has 124 valence electrons. The summed E-state index contributed by atoms with van der Waals surface area (Å²) in [7, 11) is -2.40. The summed E-state index contributed by atoms with van der Waals surface area (Å²) in [5, 5.41) is 4.90. The van der Waals surface area contributed by atoms with Crippen LogP contribution in [0.15, 0.2) is 16.3 Å². The van der Waals surface area contributed by atoms with Crippen molar-refractivity contribution in [3.8, 4) is 0 Å². The van der Waals surface area contributed by atoms with Crippen molar-refractivity contribution in [3.05, 3.63) is 16.3 Å². The molecule has 2 atom stereocenters. The maximum Gasteiger partial charge on any atom is 0.349 e. The van der Waals surface area contributed by atoms with Gasteiger partial charge in [0.25, 0.3) is 0 Å². The number of carbonyl (C=O) groups is 1. The van der Waals surface area contributed by atoms with E-state index >= 15 is 0 Å². The number of rotatable bonds is 3. The summed E-state index contributed by atoms with van der Waals surface area (Å²) in [5.41, 5.74) is 0. The fourth-order valence-electron chi connectivity index (χ4n) is 3.19. The molecule has 3 rings (SSSR count). The average Bonchev–Trinajstić information content (AvgIpc) is 3.02. The molecule has 0 aromatic carbocycles. The summed E-state index contributed by atoms with van der Waals surface area (Å²) in [5.74, 6) is -0.594. The number of halogens is 1. The third kappa shape index (κ3) is 2.90. The van der Waals surface area contributed by atoms with E-state index in [4.69, 9.17) is 0 Å². The Morgan fingerprint density at radius 2 is 2.09 bits per heavy atom. The number of ether oxygens (including phenoxy) is 1. The molecule has 6 nitrogen and oxygen atoms in total. The van der Waals surface area contributed by atoms with Gasteiger partial charge in [0.15, 0.2) is 0 Å². The standard InChI is InChI=1S/C13H18N2O4S2.ClH/c1-19-13(16)12-11(5-7-20-12)21(17,18)15-9-2-3-10(15)8-14-6-4-9;/h5,7,9-10,14H,2-4,6,8H2,1H3;1H. The first-order chi connectivity index (χ1) is 10.1. The second kappa shape index (κ2) is 6.84. The quantitative estimate of drug-likeness (QED) is 0.820. The molecule has 0 amide bonds. The van der Waals surface area contributed by atoms with Crippen molar-refractivity contribution in [2.45, 2.75) is 36.2 Å². The topological polar surface area (TPSA) is 75.7 Å². The number of esters is 1. The average molecular weight is 367 g/mol. The zero-order valence-electron chi connectivity index (χ0n) is 12.1. The highest BCUT2D eigenvalue weighted by Gasteiger charge is 2.44. The number of methoxy groups -OCH3 is 1. The van der Waals surface area contributed by atoms with Gasteiger partial charge in [0.05, 0.1) is 7.11 Å². The van der Waals surface area contributed by atoms with E-state index in [1.54, 1.807) is 9.69 Å². The van der Waals surface area contributed by atoms with Crippen LogP contribution >= 0.6 is 23.7 Å². The van der Waals surface area contributed by atoms with E-state index in [9.17, 15) is 13.2 Å². The van der Waals surface area contributed by atoms with Crippen LogP contribution in [0.4, 0.5) is 0 Å². The van der Waals surface area contributed by atoms with Gasteiger partial charge in [-0.1, -0.05) is 0 Å². The smallest absolute Gasteiger partial charge is 0.349 e. The largest absolute Gasteiger partial charge is 0.465 e. The van der Waals surface area contributed by atoms with Gasteiger partial charge in [0, 0.05) is 18.6 Å². The van der Waals surface area contributed by atoms with Gasteiger partial charge >= 0.3 is 5.97 Å². The van der Waals surface area contributed by atoms with Crippen molar-refractivity contribution in [3.63, 3.8) is 0 Å². The zero-order chi connectivity index (χ0) is 15.0. The van der Waals surface area contributed by atoms with Crippen LogP contribution in [-0.4, -0.2) is 51.0 Å². The number of thiophene rings is 1. The first kappa shape index (κ1) is 17.7. The second-order valence-electron chi connectivity index (χ2n) is 5.32. The van der Waals surface area contributed by atoms with Crippen LogP contribution in [0.1, 0.15) is 28.9 Å². The number of hydrogen-bond acceptors (Lipinski definition) is 6. The van der Waals surface area contributed by atoms with Crippen LogP contribution < -0.4 is 5.32 Å². The SMILES string of the molecule is COC(=O)c1sccc1S(=O)(=O)N1C2CCNCC1CC2.Cl. The van der Waals surface area contributed by atoms with Gasteiger partial charge in [0.1, 0.15) is 9.77 Å². The second-order valence-corrected chi connectivity index (χ2v) is 8.05. The Hall–Kier alpha value is -0.670. The predicted octanol–water partition coefficient (Wildman–Crippen LogP) is 1.47. The van der Waals surface area contributed by atoms with E-state index in [0.29, 0.717) is 6.54 Å². The van der Waals surface area contributed by atoms with Gasteiger partial charge in [0.2, 0.25) is 10.0 Å². The van der Waals surface area contributed by atoms with Crippen molar-refractivity contribution in [1.82, 2.24) is 9.62 Å². The minimum Gasteiger partial charge on any atom is -0.465 e. The third-order valence-corrected chi connectivity index (χ3v) is 7.21. The van der Waals surface area contributed by atoms with Crippen molar-refractivity contribution >= 4 is 39.7 Å². The van der Waals surface area contributed by atoms with Gasteiger partial charge in [-0.3, -0.25) is 0 Å². The van der Waals surface area contributed by atoms with Gasteiger partial charge < -0.3 is 10.1 Å². The summed E-state index contributed by atoms with van der Waals surface area (Å²) >= 11 is 1.11. The molecule has 1 N–H and O–H groups in total. The Bertz CT molecular complexity index is 632. The normalized spacial score (nSPS) is 25.3. The van der Waals surface area contributed by atoms with Crippen LogP contribution in [0, 0.1) is 0 Å². The fourth-order valence-corrected chi connectivity index (χ4v) is 6.40. The summed E-state index contributed by atoms with van der Waals surface area (Å²) in [6.07, 6.45) is 2.57. The molecule has 0 spiro atoms. The molecule has 1 aromatic rings. The minimum atomic E-state index is -3.66. The fraction of sp³-hybridized carbons (Fsp3) is 0.615. The highest BCUT2D eigenvalue weighted by atomic mass is 35.5. The summed E-state index contributed by atoms with van der Waals surface area (Å²) in [6.45, 7) is 1.51. The van der Waals surface area contributed by atoms with Crippen molar-refractivity contribution in [1.29, 1.82) is 0 Å². The highest BCUT2D eigenvalue weighted by molar-refractivity contribution is 7.89. The first-order valence-corrected chi connectivity index (χ1v) is 9.27. The van der Waals surface area contributed by atoms with Crippen molar-refractivity contribution in [2.75, 3.05) is 20.2 Å². The molecule has 0 saturated carbocycles. The van der Waals surface area contributed by atoms with E-state index in [1.165, 1.54) is 13.2 Å². The Morgan fingerprint density at radius 1 is 1.36 bits per heavy atom. The molecule has 3 heterocycles. The van der Waals surface area contributed by atoms with Crippen LogP contribution in [0.5, 0.6) is 0 Å². The Kier molecular flexibility index (Phi) is 5.50. The molecule has 2 fully saturated rings. The van der Waals surface area contributed by atoms with Crippen molar-refractivity contribution < 1.29 is 17.9 Å². The van der Waals surface area contributed by atoms with E-state index in [-0.39, 0.29) is 34.3 Å². The first-order valence-electron chi connectivity index (χ1n) is 6.95. The number of carbonyl (C=O) groups excluding carboxylic acids is 1. The molecule has 1 aromatic heterocycles.